The average molecular weight is 521 g/mol. The van der Waals surface area contributed by atoms with Crippen molar-refractivity contribution < 1.29 is 24.2 Å². The Hall–Kier alpha value is -1.80. The third-order valence-corrected chi connectivity index (χ3v) is 10.1. The van der Waals surface area contributed by atoms with E-state index in [9.17, 15) is 19.5 Å². The molecule has 0 aliphatic carbocycles. The molecular weight excluding hydrogens is 476 g/mol. The fourth-order valence-electron chi connectivity index (χ4n) is 6.35. The fourth-order valence-corrected chi connectivity index (χ4v) is 8.75. The van der Waals surface area contributed by atoms with Crippen LogP contribution in [0.5, 0.6) is 0 Å². The molecule has 3 unspecified atom stereocenters. The highest BCUT2D eigenvalue weighted by molar-refractivity contribution is 8.02. The van der Waals surface area contributed by atoms with Crippen molar-refractivity contribution in [2.75, 3.05) is 26.3 Å². The van der Waals surface area contributed by atoms with Crippen molar-refractivity contribution in [1.29, 1.82) is 0 Å². The number of allylic oxidation sites excluding steroid dienone is 1. The molecule has 6 atom stereocenters. The minimum atomic E-state index is -0.648. The van der Waals surface area contributed by atoms with E-state index in [2.05, 4.69) is 20.1 Å². The molecule has 0 aromatic carbocycles. The maximum absolute atomic E-state index is 14.3. The number of aliphatic hydroxyl groups is 1. The zero-order chi connectivity index (χ0) is 26.7. The van der Waals surface area contributed by atoms with Gasteiger partial charge in [0.2, 0.25) is 11.8 Å². The molecule has 3 rings (SSSR count). The number of unbranched alkanes of at least 4 members (excludes halogenated alkanes) is 3. The molecule has 3 aliphatic heterocycles. The van der Waals surface area contributed by atoms with E-state index in [-0.39, 0.29) is 35.6 Å². The van der Waals surface area contributed by atoms with Crippen LogP contribution < -0.4 is 0 Å². The molecule has 0 radical (unpaired) electrons. The molecule has 0 aromatic rings. The minimum absolute atomic E-state index is 0.0183. The van der Waals surface area contributed by atoms with Crippen LogP contribution in [0.25, 0.3) is 0 Å². The maximum atomic E-state index is 14.3. The summed E-state index contributed by atoms with van der Waals surface area (Å²) in [7, 11) is 0. The molecule has 2 amide bonds. The lowest BCUT2D eigenvalue weighted by Crippen LogP contribution is -2.60. The van der Waals surface area contributed by atoms with Crippen molar-refractivity contribution in [2.45, 2.75) is 87.8 Å². The molecule has 1 N–H and O–H groups in total. The van der Waals surface area contributed by atoms with Gasteiger partial charge in [0.15, 0.2) is 0 Å². The Bertz CT molecular complexity index is 855. The SMILES string of the molecule is C=CCCCOC(=O)[C@@H]1[C@@H]2CC(C)C3(S2)C(C(=O)N(CC=C)C(C)(C)C)N(CCCCCO)C(=O)[C@H]13. The van der Waals surface area contributed by atoms with Crippen molar-refractivity contribution >= 4 is 29.5 Å². The summed E-state index contributed by atoms with van der Waals surface area (Å²) >= 11 is 1.68. The minimum Gasteiger partial charge on any atom is -0.465 e. The van der Waals surface area contributed by atoms with Crippen LogP contribution in [0, 0.1) is 17.8 Å². The molecule has 3 saturated heterocycles. The highest BCUT2D eigenvalue weighted by Gasteiger charge is 2.76. The van der Waals surface area contributed by atoms with Crippen LogP contribution in [0.3, 0.4) is 0 Å². The second-order valence-corrected chi connectivity index (χ2v) is 12.9. The monoisotopic (exact) mass is 520 g/mol. The lowest BCUT2D eigenvalue weighted by atomic mass is 9.66. The highest BCUT2D eigenvalue weighted by Crippen LogP contribution is 2.68. The number of nitrogens with zero attached hydrogens (tertiary/aromatic N) is 2. The van der Waals surface area contributed by atoms with Gasteiger partial charge in [0.05, 0.1) is 23.2 Å². The van der Waals surface area contributed by atoms with Crippen LogP contribution in [-0.2, 0) is 19.1 Å². The largest absolute Gasteiger partial charge is 0.465 e. The van der Waals surface area contributed by atoms with Gasteiger partial charge < -0.3 is 19.6 Å². The van der Waals surface area contributed by atoms with Gasteiger partial charge in [-0.05, 0) is 65.2 Å². The van der Waals surface area contributed by atoms with Crippen LogP contribution >= 0.6 is 11.8 Å². The van der Waals surface area contributed by atoms with Crippen LogP contribution in [0.1, 0.15) is 66.2 Å². The molecule has 0 saturated carbocycles. The summed E-state index contributed by atoms with van der Waals surface area (Å²) in [4.78, 5) is 45.3. The Morgan fingerprint density at radius 1 is 1.22 bits per heavy atom. The first-order chi connectivity index (χ1) is 17.1. The Kier molecular flexibility index (Phi) is 9.36. The summed E-state index contributed by atoms with van der Waals surface area (Å²) in [5.41, 5.74) is -0.445. The van der Waals surface area contributed by atoms with E-state index < -0.39 is 28.2 Å². The number of rotatable bonds is 13. The van der Waals surface area contributed by atoms with Crippen molar-refractivity contribution in [2.24, 2.45) is 17.8 Å². The topological polar surface area (TPSA) is 87.2 Å². The summed E-state index contributed by atoms with van der Waals surface area (Å²) in [5.74, 6) is -1.44. The van der Waals surface area contributed by atoms with Gasteiger partial charge in [0, 0.05) is 30.5 Å². The second kappa shape index (κ2) is 11.7. The number of fused-ring (bicyclic) bond motifs is 1. The van der Waals surface area contributed by atoms with Gasteiger partial charge in [-0.15, -0.1) is 24.9 Å². The Labute approximate surface area is 220 Å². The van der Waals surface area contributed by atoms with Crippen molar-refractivity contribution in [1.82, 2.24) is 9.80 Å². The Morgan fingerprint density at radius 3 is 2.56 bits per heavy atom. The number of carbonyl (C=O) groups is 3. The number of hydrogen-bond donors (Lipinski definition) is 1. The molecule has 3 heterocycles. The van der Waals surface area contributed by atoms with E-state index in [0.717, 1.165) is 19.3 Å². The lowest BCUT2D eigenvalue weighted by molar-refractivity contribution is -0.154. The van der Waals surface area contributed by atoms with Gasteiger partial charge >= 0.3 is 5.97 Å². The molecule has 3 aliphatic rings. The number of thioether (sulfide) groups is 1. The van der Waals surface area contributed by atoms with E-state index >= 15 is 0 Å². The normalized spacial score (nSPS) is 30.9. The first kappa shape index (κ1) is 28.8. The summed E-state index contributed by atoms with van der Waals surface area (Å²) in [5, 5.41) is 9.19. The van der Waals surface area contributed by atoms with E-state index in [1.54, 1.807) is 28.8 Å². The molecular formula is C28H44N2O5S. The second-order valence-electron chi connectivity index (χ2n) is 11.4. The number of carbonyl (C=O) groups excluding carboxylic acids is 3. The van der Waals surface area contributed by atoms with Crippen molar-refractivity contribution in [3.63, 3.8) is 0 Å². The molecule has 3 fully saturated rings. The Morgan fingerprint density at radius 2 is 1.94 bits per heavy atom. The standard InChI is InChI=1S/C28H44N2O5S/c1-7-9-13-17-35-26(34)21-20-18-19(3)28(36-20)22(21)24(32)29(15-11-10-12-16-31)23(28)25(33)30(14-8-2)27(4,5)6/h7-8,19-23,31H,1-2,9-18H2,3-6H3/t19?,20-,21+,22-,23?,28?/m0/s1. The summed E-state index contributed by atoms with van der Waals surface area (Å²) in [6.45, 7) is 16.9. The molecule has 1 spiro atoms. The molecule has 8 heteroatoms. The zero-order valence-corrected chi connectivity index (χ0v) is 23.2. The van der Waals surface area contributed by atoms with Gasteiger partial charge in [0.1, 0.15) is 6.04 Å². The number of esters is 1. The molecule has 202 valence electrons. The van der Waals surface area contributed by atoms with Gasteiger partial charge in [-0.3, -0.25) is 14.4 Å². The van der Waals surface area contributed by atoms with Crippen molar-refractivity contribution in [3.8, 4) is 0 Å². The van der Waals surface area contributed by atoms with Crippen LogP contribution in [0.2, 0.25) is 0 Å². The predicted octanol–water partition coefficient (Wildman–Crippen LogP) is 3.81. The number of hydrogen-bond acceptors (Lipinski definition) is 6. The van der Waals surface area contributed by atoms with Crippen LogP contribution in [0.15, 0.2) is 25.3 Å². The summed E-state index contributed by atoms with van der Waals surface area (Å²) < 4.78 is 5.00. The maximum Gasteiger partial charge on any atom is 0.310 e. The quantitative estimate of drug-likeness (QED) is 0.226. The van der Waals surface area contributed by atoms with Gasteiger partial charge in [0.25, 0.3) is 0 Å². The lowest BCUT2D eigenvalue weighted by Gasteiger charge is -2.44. The number of amides is 2. The average Bonchev–Trinajstić information content (AvgIpc) is 3.40. The third-order valence-electron chi connectivity index (χ3n) is 7.99. The highest BCUT2D eigenvalue weighted by atomic mass is 32.2. The molecule has 36 heavy (non-hydrogen) atoms. The van der Waals surface area contributed by atoms with E-state index in [1.165, 1.54) is 0 Å². The van der Waals surface area contributed by atoms with E-state index in [1.807, 2.05) is 25.7 Å². The van der Waals surface area contributed by atoms with Crippen LogP contribution in [0.4, 0.5) is 0 Å². The Balaban J connectivity index is 1.98. The van der Waals surface area contributed by atoms with Gasteiger partial charge in [-0.25, -0.2) is 0 Å². The van der Waals surface area contributed by atoms with E-state index in [0.29, 0.717) is 39.0 Å². The molecule has 2 bridgehead atoms. The number of likely N-dealkylation sites (tertiary alicyclic amines) is 1. The van der Waals surface area contributed by atoms with Gasteiger partial charge in [-0.2, -0.15) is 0 Å². The van der Waals surface area contributed by atoms with E-state index in [4.69, 9.17) is 4.74 Å². The first-order valence-electron chi connectivity index (χ1n) is 13.3. The molecule has 0 aromatic heterocycles. The van der Waals surface area contributed by atoms with Crippen molar-refractivity contribution in [3.05, 3.63) is 25.3 Å². The third kappa shape index (κ3) is 5.13. The van der Waals surface area contributed by atoms with Gasteiger partial charge in [-0.1, -0.05) is 19.1 Å². The number of ether oxygens (including phenoxy) is 1. The van der Waals surface area contributed by atoms with Crippen LogP contribution in [-0.4, -0.2) is 80.6 Å². The smallest absolute Gasteiger partial charge is 0.310 e. The summed E-state index contributed by atoms with van der Waals surface area (Å²) in [6.07, 6.45) is 7.93. The first-order valence-corrected chi connectivity index (χ1v) is 14.2. The predicted molar refractivity (Wildman–Crippen MR) is 143 cm³/mol. The fraction of sp³-hybridized carbons (Fsp3) is 0.750. The number of aliphatic hydroxyl groups excluding tert-OH is 1. The molecule has 7 nitrogen and oxygen atoms in total. The summed E-state index contributed by atoms with van der Waals surface area (Å²) in [6, 6.07) is -0.633. The zero-order valence-electron chi connectivity index (χ0n) is 22.4.